The van der Waals surface area contributed by atoms with Crippen LogP contribution in [0.3, 0.4) is 0 Å². The zero-order chi connectivity index (χ0) is 34.8. The van der Waals surface area contributed by atoms with E-state index in [2.05, 4.69) is 159 Å². The average Bonchev–Trinajstić information content (AvgIpc) is 3.70. The predicted molar refractivity (Wildman–Crippen MR) is 220 cm³/mol. The maximum atomic E-state index is 5.24. The SMILES string of the molecule is C.CC1(C)c2ccccc2-c2ccc(-c3cccc(-c4nc(-c5ccccc5)nc(-c5cccc6c5Cc5c(-c7ccccc7)cccc5-6)n4)c3)cc21. The topological polar surface area (TPSA) is 38.7 Å². The molecule has 0 saturated heterocycles. The second-order valence-corrected chi connectivity index (χ2v) is 14.4. The van der Waals surface area contributed by atoms with E-state index in [0.717, 1.165) is 28.7 Å². The molecule has 1 heterocycles. The standard InChI is InChI=1S/C49H35N3.CH4/c1-49(2)44-25-10-9-20-39(44)40-27-26-34(29-45(40)49)33-18-11-19-35(28-33)47-50-46(32-16-7-4-8-17-32)51-48(52-47)41-24-13-23-38-37-22-12-21-36(42(37)30-43(38)41)31-14-5-3-6-15-31;/h3-29H,30H2,1-2H3;1H4. The fourth-order valence-electron chi connectivity index (χ4n) is 8.40. The van der Waals surface area contributed by atoms with Gasteiger partial charge in [-0.3, -0.25) is 0 Å². The summed E-state index contributed by atoms with van der Waals surface area (Å²) in [6, 6.07) is 58.5. The van der Waals surface area contributed by atoms with Crippen LogP contribution in [0.2, 0.25) is 0 Å². The van der Waals surface area contributed by atoms with Crippen LogP contribution in [0.15, 0.2) is 164 Å². The lowest BCUT2D eigenvalue weighted by atomic mass is 9.81. The van der Waals surface area contributed by atoms with Crippen molar-refractivity contribution < 1.29 is 0 Å². The maximum absolute atomic E-state index is 5.24. The van der Waals surface area contributed by atoms with E-state index in [1.54, 1.807) is 0 Å². The quantitative estimate of drug-likeness (QED) is 0.181. The van der Waals surface area contributed by atoms with Crippen molar-refractivity contribution in [3.05, 3.63) is 186 Å². The van der Waals surface area contributed by atoms with Gasteiger partial charge >= 0.3 is 0 Å². The molecule has 2 aliphatic carbocycles. The number of benzene rings is 7. The minimum atomic E-state index is -0.0648. The molecule has 0 saturated carbocycles. The van der Waals surface area contributed by atoms with Crippen molar-refractivity contribution in [2.24, 2.45) is 0 Å². The Morgan fingerprint density at radius 2 is 0.849 bits per heavy atom. The van der Waals surface area contributed by atoms with E-state index >= 15 is 0 Å². The van der Waals surface area contributed by atoms with Gasteiger partial charge in [-0.2, -0.15) is 0 Å². The molecule has 0 radical (unpaired) electrons. The van der Waals surface area contributed by atoms with Gasteiger partial charge in [0, 0.05) is 28.5 Å². The van der Waals surface area contributed by atoms with Crippen molar-refractivity contribution in [2.75, 3.05) is 0 Å². The molecule has 1 aromatic heterocycles. The van der Waals surface area contributed by atoms with Crippen LogP contribution in [0.4, 0.5) is 0 Å². The summed E-state index contributed by atoms with van der Waals surface area (Å²) in [4.78, 5) is 15.5. The van der Waals surface area contributed by atoms with Crippen LogP contribution in [0, 0.1) is 0 Å². The highest BCUT2D eigenvalue weighted by Crippen LogP contribution is 2.50. The van der Waals surface area contributed by atoms with Gasteiger partial charge in [0.15, 0.2) is 17.5 Å². The number of nitrogens with zero attached hydrogens (tertiary/aromatic N) is 3. The van der Waals surface area contributed by atoms with Crippen molar-refractivity contribution in [3.63, 3.8) is 0 Å². The largest absolute Gasteiger partial charge is 0.208 e. The van der Waals surface area contributed by atoms with Crippen molar-refractivity contribution in [1.29, 1.82) is 0 Å². The summed E-state index contributed by atoms with van der Waals surface area (Å²) < 4.78 is 0. The monoisotopic (exact) mass is 681 g/mol. The lowest BCUT2D eigenvalue weighted by molar-refractivity contribution is 0.660. The number of fused-ring (bicyclic) bond motifs is 6. The summed E-state index contributed by atoms with van der Waals surface area (Å²) in [7, 11) is 0. The third kappa shape index (κ3) is 5.31. The summed E-state index contributed by atoms with van der Waals surface area (Å²) in [6.07, 6.45) is 0.821. The van der Waals surface area contributed by atoms with E-state index in [9.17, 15) is 0 Å². The van der Waals surface area contributed by atoms with Crippen LogP contribution in [0.25, 0.3) is 78.7 Å². The molecule has 0 atom stereocenters. The van der Waals surface area contributed by atoms with E-state index in [-0.39, 0.29) is 12.8 Å². The predicted octanol–water partition coefficient (Wildman–Crippen LogP) is 12.7. The molecule has 8 aromatic rings. The Morgan fingerprint density at radius 1 is 0.358 bits per heavy atom. The molecule has 0 aliphatic heterocycles. The minimum Gasteiger partial charge on any atom is -0.208 e. The van der Waals surface area contributed by atoms with Crippen LogP contribution in [-0.2, 0) is 11.8 Å². The van der Waals surface area contributed by atoms with Gasteiger partial charge in [0.05, 0.1) is 0 Å². The first-order chi connectivity index (χ1) is 25.5. The molecular weight excluding hydrogens is 643 g/mol. The second-order valence-electron chi connectivity index (χ2n) is 14.4. The van der Waals surface area contributed by atoms with E-state index in [0.29, 0.717) is 17.5 Å². The van der Waals surface area contributed by atoms with Gasteiger partial charge in [-0.1, -0.05) is 173 Å². The molecule has 3 nitrogen and oxygen atoms in total. The summed E-state index contributed by atoms with van der Waals surface area (Å²) in [5, 5.41) is 0. The van der Waals surface area contributed by atoms with Crippen molar-refractivity contribution in [2.45, 2.75) is 33.1 Å². The number of rotatable bonds is 5. The third-order valence-electron chi connectivity index (χ3n) is 11.0. The first kappa shape index (κ1) is 32.5. The van der Waals surface area contributed by atoms with Gasteiger partial charge in [0.1, 0.15) is 0 Å². The van der Waals surface area contributed by atoms with Crippen molar-refractivity contribution in [3.8, 4) is 78.7 Å². The Morgan fingerprint density at radius 3 is 1.60 bits per heavy atom. The van der Waals surface area contributed by atoms with Gasteiger partial charge < -0.3 is 0 Å². The summed E-state index contributed by atoms with van der Waals surface area (Å²) in [5.41, 5.74) is 18.3. The Balaban J connectivity index is 0.00000372. The van der Waals surface area contributed by atoms with Crippen molar-refractivity contribution in [1.82, 2.24) is 15.0 Å². The van der Waals surface area contributed by atoms with Crippen molar-refractivity contribution >= 4 is 0 Å². The Bertz CT molecular complexity index is 2670. The van der Waals surface area contributed by atoms with Crippen LogP contribution in [0.5, 0.6) is 0 Å². The number of aromatic nitrogens is 3. The summed E-state index contributed by atoms with van der Waals surface area (Å²) in [5.74, 6) is 2.02. The zero-order valence-electron chi connectivity index (χ0n) is 29.1. The van der Waals surface area contributed by atoms with Gasteiger partial charge in [0.2, 0.25) is 0 Å². The molecule has 53 heavy (non-hydrogen) atoms. The molecule has 3 heteroatoms. The Hall–Kier alpha value is -6.45. The average molecular weight is 682 g/mol. The highest BCUT2D eigenvalue weighted by molar-refractivity contribution is 5.89. The molecule has 0 fully saturated rings. The van der Waals surface area contributed by atoms with Gasteiger partial charge in [-0.25, -0.2) is 15.0 Å². The van der Waals surface area contributed by atoms with Crippen LogP contribution in [-0.4, -0.2) is 15.0 Å². The van der Waals surface area contributed by atoms with Crippen LogP contribution in [0.1, 0.15) is 43.5 Å². The molecule has 7 aromatic carbocycles. The first-order valence-electron chi connectivity index (χ1n) is 18.0. The molecular formula is C50H39N3. The molecule has 254 valence electrons. The van der Waals surface area contributed by atoms with E-state index in [1.807, 2.05) is 18.2 Å². The fourth-order valence-corrected chi connectivity index (χ4v) is 8.40. The Kier molecular flexibility index (Phi) is 7.74. The smallest absolute Gasteiger partial charge is 0.164 e. The fraction of sp³-hybridized carbons (Fsp3) is 0.100. The lowest BCUT2D eigenvalue weighted by Gasteiger charge is -2.22. The lowest BCUT2D eigenvalue weighted by Crippen LogP contribution is -2.14. The highest BCUT2D eigenvalue weighted by Gasteiger charge is 2.35. The summed E-state index contributed by atoms with van der Waals surface area (Å²) in [6.45, 7) is 4.66. The molecule has 0 unspecified atom stereocenters. The number of hydrogen-bond donors (Lipinski definition) is 0. The Labute approximate surface area is 311 Å². The summed E-state index contributed by atoms with van der Waals surface area (Å²) >= 11 is 0. The van der Waals surface area contributed by atoms with E-state index < -0.39 is 0 Å². The highest BCUT2D eigenvalue weighted by atomic mass is 15.0. The molecule has 0 amide bonds. The molecule has 0 N–H and O–H groups in total. The third-order valence-corrected chi connectivity index (χ3v) is 11.0. The van der Waals surface area contributed by atoms with Crippen LogP contribution < -0.4 is 0 Å². The van der Waals surface area contributed by atoms with Gasteiger partial charge in [-0.05, 0) is 78.9 Å². The second kappa shape index (κ2) is 12.6. The minimum absolute atomic E-state index is 0. The number of hydrogen-bond acceptors (Lipinski definition) is 3. The van der Waals surface area contributed by atoms with E-state index in [4.69, 9.17) is 15.0 Å². The molecule has 0 bridgehead atoms. The molecule has 0 spiro atoms. The first-order valence-corrected chi connectivity index (χ1v) is 18.0. The molecule has 2 aliphatic rings. The maximum Gasteiger partial charge on any atom is 0.164 e. The van der Waals surface area contributed by atoms with Gasteiger partial charge in [0.25, 0.3) is 0 Å². The van der Waals surface area contributed by atoms with Crippen LogP contribution >= 0.6 is 0 Å². The normalized spacial score (nSPS) is 13.0. The molecule has 10 rings (SSSR count). The zero-order valence-corrected chi connectivity index (χ0v) is 29.1. The van der Waals surface area contributed by atoms with E-state index in [1.165, 1.54) is 61.2 Å². The van der Waals surface area contributed by atoms with Gasteiger partial charge in [-0.15, -0.1) is 0 Å².